The lowest BCUT2D eigenvalue weighted by Gasteiger charge is -2.32. The van der Waals surface area contributed by atoms with Crippen molar-refractivity contribution in [2.75, 3.05) is 37.7 Å². The number of ether oxygens (including phenoxy) is 1. The number of hydrogen-bond acceptors (Lipinski definition) is 6. The molecule has 0 aromatic carbocycles. The number of sulfone groups is 1. The maximum absolute atomic E-state index is 12.1. The van der Waals surface area contributed by atoms with Gasteiger partial charge < -0.3 is 15.2 Å². The highest BCUT2D eigenvalue weighted by Crippen LogP contribution is 2.09. The molecule has 9 heteroatoms. The van der Waals surface area contributed by atoms with E-state index in [1.165, 1.54) is 0 Å². The lowest BCUT2D eigenvalue weighted by Crippen LogP contribution is -2.48. The summed E-state index contributed by atoms with van der Waals surface area (Å²) in [7, 11) is -3.65. The Morgan fingerprint density at radius 2 is 2.14 bits per heavy atom. The molecule has 1 heterocycles. The Balaban J connectivity index is 2.63. The van der Waals surface area contributed by atoms with Crippen LogP contribution in [0, 0.1) is 0 Å². The van der Waals surface area contributed by atoms with Crippen LogP contribution in [-0.4, -0.2) is 80.2 Å². The van der Waals surface area contributed by atoms with Crippen LogP contribution in [0.15, 0.2) is 0 Å². The maximum atomic E-state index is 12.1. The molecule has 1 amide bonds. The Morgan fingerprint density at radius 1 is 1.48 bits per heavy atom. The summed E-state index contributed by atoms with van der Waals surface area (Å²) < 4.78 is 29.6. The third-order valence-corrected chi connectivity index (χ3v) is 4.93. The van der Waals surface area contributed by atoms with Crippen LogP contribution >= 0.6 is 0 Å². The molecule has 0 bridgehead atoms. The number of amides is 1. The largest absolute Gasteiger partial charge is 0.480 e. The topological polar surface area (TPSA) is 113 Å². The van der Waals surface area contributed by atoms with Gasteiger partial charge in [0.1, 0.15) is 6.04 Å². The van der Waals surface area contributed by atoms with E-state index in [1.807, 2.05) is 6.92 Å². The predicted molar refractivity (Wildman–Crippen MR) is 75.7 cm³/mol. The fraction of sp³-hybridized carbons (Fsp3) is 0.833. The van der Waals surface area contributed by atoms with Gasteiger partial charge in [-0.05, 0) is 6.54 Å². The lowest BCUT2D eigenvalue weighted by molar-refractivity contribution is -0.140. The lowest BCUT2D eigenvalue weighted by atomic mass is 10.3. The fourth-order valence-corrected chi connectivity index (χ4v) is 3.83. The minimum Gasteiger partial charge on any atom is -0.480 e. The number of hydrogen-bond donors (Lipinski definition) is 2. The number of nitrogens with one attached hydrogen (secondary N) is 1. The molecule has 1 saturated heterocycles. The first-order valence-corrected chi connectivity index (χ1v) is 8.60. The van der Waals surface area contributed by atoms with E-state index in [4.69, 9.17) is 9.84 Å². The molecule has 1 unspecified atom stereocenters. The first-order chi connectivity index (χ1) is 9.73. The van der Waals surface area contributed by atoms with Crippen molar-refractivity contribution >= 4 is 21.7 Å². The van der Waals surface area contributed by atoms with Crippen LogP contribution < -0.4 is 5.32 Å². The summed E-state index contributed by atoms with van der Waals surface area (Å²) in [6.07, 6.45) is -0.463. The van der Waals surface area contributed by atoms with Crippen molar-refractivity contribution in [2.45, 2.75) is 26.0 Å². The summed E-state index contributed by atoms with van der Waals surface area (Å²) in [4.78, 5) is 24.0. The van der Waals surface area contributed by atoms with Gasteiger partial charge in [-0.2, -0.15) is 0 Å². The Kier molecular flexibility index (Phi) is 6.56. The molecule has 1 aliphatic rings. The molecule has 1 rings (SSSR count). The van der Waals surface area contributed by atoms with E-state index in [-0.39, 0.29) is 5.75 Å². The van der Waals surface area contributed by atoms with Crippen LogP contribution in [0.5, 0.6) is 0 Å². The Hall–Kier alpha value is -1.19. The highest BCUT2D eigenvalue weighted by Gasteiger charge is 2.30. The average Bonchev–Trinajstić information content (AvgIpc) is 2.36. The minimum atomic E-state index is -3.65. The summed E-state index contributed by atoms with van der Waals surface area (Å²) >= 11 is 0. The van der Waals surface area contributed by atoms with Crippen molar-refractivity contribution in [3.63, 3.8) is 0 Å². The van der Waals surface area contributed by atoms with Gasteiger partial charge in [-0.3, -0.25) is 9.69 Å². The number of aliphatic carboxylic acids is 1. The van der Waals surface area contributed by atoms with E-state index < -0.39 is 39.6 Å². The zero-order chi connectivity index (χ0) is 16.0. The van der Waals surface area contributed by atoms with Crippen LogP contribution in [0.4, 0.5) is 0 Å². The average molecular weight is 322 g/mol. The monoisotopic (exact) mass is 322 g/mol. The van der Waals surface area contributed by atoms with E-state index in [0.29, 0.717) is 13.2 Å². The number of morpholine rings is 1. The number of carbonyl (C=O) groups excluding carboxylic acids is 1. The molecule has 1 aliphatic heterocycles. The second kappa shape index (κ2) is 7.71. The summed E-state index contributed by atoms with van der Waals surface area (Å²) in [6, 6.07) is -1.43. The van der Waals surface area contributed by atoms with E-state index in [2.05, 4.69) is 10.2 Å². The van der Waals surface area contributed by atoms with Crippen LogP contribution in [0.3, 0.4) is 0 Å². The van der Waals surface area contributed by atoms with Crippen molar-refractivity contribution in [1.29, 1.82) is 0 Å². The van der Waals surface area contributed by atoms with Crippen molar-refractivity contribution in [2.24, 2.45) is 0 Å². The minimum absolute atomic E-state index is 0.243. The van der Waals surface area contributed by atoms with Crippen LogP contribution in [0.2, 0.25) is 0 Å². The van der Waals surface area contributed by atoms with Gasteiger partial charge in [0.05, 0.1) is 24.2 Å². The second-order valence-corrected chi connectivity index (χ2v) is 7.21. The third kappa shape index (κ3) is 6.40. The number of carbonyl (C=O) groups is 2. The molecule has 122 valence electrons. The van der Waals surface area contributed by atoms with Gasteiger partial charge in [0.25, 0.3) is 0 Å². The van der Waals surface area contributed by atoms with Gasteiger partial charge in [0.2, 0.25) is 5.91 Å². The molecule has 0 spiro atoms. The molecule has 0 aromatic rings. The molecular formula is C12H22N2O6S. The van der Waals surface area contributed by atoms with Gasteiger partial charge >= 0.3 is 5.97 Å². The van der Waals surface area contributed by atoms with Crippen molar-refractivity contribution in [3.05, 3.63) is 0 Å². The number of carboxylic acid groups (broad SMARTS) is 1. The van der Waals surface area contributed by atoms with Crippen molar-refractivity contribution in [3.8, 4) is 0 Å². The summed E-state index contributed by atoms with van der Waals surface area (Å²) in [5, 5.41) is 11.1. The molecule has 2 N–H and O–H groups in total. The van der Waals surface area contributed by atoms with Gasteiger partial charge in [-0.15, -0.1) is 0 Å². The summed E-state index contributed by atoms with van der Waals surface area (Å²) in [5.74, 6) is -2.82. The molecule has 0 saturated carbocycles. The molecule has 0 aliphatic carbocycles. The molecule has 8 nitrogen and oxygen atoms in total. The first-order valence-electron chi connectivity index (χ1n) is 6.77. The first kappa shape index (κ1) is 17.9. The second-order valence-electron chi connectivity index (χ2n) is 5.05. The Morgan fingerprint density at radius 3 is 2.67 bits per heavy atom. The Labute approximate surface area is 124 Å². The zero-order valence-corrected chi connectivity index (χ0v) is 13.1. The maximum Gasteiger partial charge on any atom is 0.327 e. The standard InChI is InChI=1S/C12H22N2O6S/c1-3-14-4-5-20-10(6-14)7-21(18,19)8-11(12(16)17)13-9(2)15/h10-11H,3-8H2,1-2H3,(H,13,15)(H,16,17)/t10?,11-/m0/s1. The number of carboxylic acids is 1. The highest BCUT2D eigenvalue weighted by molar-refractivity contribution is 7.91. The van der Waals surface area contributed by atoms with Crippen LogP contribution in [-0.2, 0) is 24.2 Å². The SMILES string of the molecule is CCN1CCOC(CS(=O)(=O)C[C@H](NC(C)=O)C(=O)O)C1. The van der Waals surface area contributed by atoms with Crippen molar-refractivity contribution in [1.82, 2.24) is 10.2 Å². The van der Waals surface area contributed by atoms with E-state index >= 15 is 0 Å². The normalized spacial score (nSPS) is 21.7. The number of nitrogens with zero attached hydrogens (tertiary/aromatic N) is 1. The van der Waals surface area contributed by atoms with E-state index in [1.54, 1.807) is 0 Å². The third-order valence-electron chi connectivity index (χ3n) is 3.21. The molecule has 0 radical (unpaired) electrons. The number of rotatable bonds is 7. The molecule has 0 aromatic heterocycles. The fourth-order valence-electron chi connectivity index (χ4n) is 2.19. The molecule has 21 heavy (non-hydrogen) atoms. The van der Waals surface area contributed by atoms with Gasteiger partial charge in [0.15, 0.2) is 9.84 Å². The predicted octanol–water partition coefficient (Wildman–Crippen LogP) is -1.29. The highest BCUT2D eigenvalue weighted by atomic mass is 32.2. The zero-order valence-electron chi connectivity index (χ0n) is 12.2. The smallest absolute Gasteiger partial charge is 0.327 e. The quantitative estimate of drug-likeness (QED) is 0.599. The molecular weight excluding hydrogens is 300 g/mol. The molecule has 2 atom stereocenters. The molecule has 1 fully saturated rings. The van der Waals surface area contributed by atoms with E-state index in [9.17, 15) is 18.0 Å². The summed E-state index contributed by atoms with van der Waals surface area (Å²) in [5.41, 5.74) is 0. The summed E-state index contributed by atoms with van der Waals surface area (Å²) in [6.45, 7) is 5.66. The van der Waals surface area contributed by atoms with Crippen LogP contribution in [0.25, 0.3) is 0 Å². The van der Waals surface area contributed by atoms with Crippen molar-refractivity contribution < 1.29 is 27.9 Å². The van der Waals surface area contributed by atoms with Gasteiger partial charge in [0, 0.05) is 20.0 Å². The van der Waals surface area contributed by atoms with Crippen LogP contribution in [0.1, 0.15) is 13.8 Å². The number of likely N-dealkylation sites (N-methyl/N-ethyl adjacent to an activating group) is 1. The van der Waals surface area contributed by atoms with E-state index in [0.717, 1.165) is 20.0 Å². The van der Waals surface area contributed by atoms with Gasteiger partial charge in [-0.1, -0.05) is 6.92 Å². The van der Waals surface area contributed by atoms with Gasteiger partial charge in [-0.25, -0.2) is 13.2 Å². The Bertz CT molecular complexity index is 478.